The highest BCUT2D eigenvalue weighted by Crippen LogP contribution is 2.44. The zero-order chi connectivity index (χ0) is 23.6. The molecule has 0 aliphatic carbocycles. The average molecular weight is 467 g/mol. The van der Waals surface area contributed by atoms with Gasteiger partial charge in [0, 0.05) is 38.6 Å². The summed E-state index contributed by atoms with van der Waals surface area (Å²) in [6.45, 7) is 9.50. The van der Waals surface area contributed by atoms with E-state index in [1.165, 1.54) is 0 Å². The Morgan fingerprint density at radius 2 is 1.30 bits per heavy atom. The molecule has 0 saturated carbocycles. The molecule has 0 radical (unpaired) electrons. The van der Waals surface area contributed by atoms with Crippen molar-refractivity contribution in [3.05, 3.63) is 67.8 Å². The van der Waals surface area contributed by atoms with E-state index in [1.54, 1.807) is 11.8 Å². The molecule has 0 N–H and O–H groups in total. The predicted molar refractivity (Wildman–Crippen MR) is 131 cm³/mol. The molecule has 0 amide bonds. The maximum Gasteiger partial charge on any atom is 0.330 e. The summed E-state index contributed by atoms with van der Waals surface area (Å²) < 4.78 is 22.3. The first kappa shape index (κ1) is 24.2. The van der Waals surface area contributed by atoms with Gasteiger partial charge in [-0.05, 0) is 24.0 Å². The molecule has 7 heteroatoms. The molecule has 0 heterocycles. The summed E-state index contributed by atoms with van der Waals surface area (Å²) in [4.78, 5) is 23.8. The lowest BCUT2D eigenvalue weighted by Crippen LogP contribution is -2.12. The number of carbonyl (C=O) groups excluding carboxylic acids is 2. The molecule has 3 aromatic carbocycles. The number of ether oxygens (including phenoxy) is 4. The first-order valence-electron chi connectivity index (χ1n) is 10.5. The lowest BCUT2D eigenvalue weighted by molar-refractivity contribution is -0.139. The van der Waals surface area contributed by atoms with Crippen LogP contribution in [-0.4, -0.2) is 44.1 Å². The van der Waals surface area contributed by atoms with Crippen molar-refractivity contribution in [1.82, 2.24) is 0 Å². The van der Waals surface area contributed by atoms with Crippen molar-refractivity contribution in [1.29, 1.82) is 0 Å². The first-order valence-corrected chi connectivity index (χ1v) is 11.5. The third kappa shape index (κ3) is 6.08. The molecule has 3 rings (SSSR count). The lowest BCUT2D eigenvalue weighted by Gasteiger charge is -2.18. The Hall–Kier alpha value is -3.45. The van der Waals surface area contributed by atoms with Crippen LogP contribution in [0.4, 0.5) is 0 Å². The van der Waals surface area contributed by atoms with Gasteiger partial charge in [-0.25, -0.2) is 9.59 Å². The van der Waals surface area contributed by atoms with E-state index >= 15 is 0 Å². The zero-order valence-electron chi connectivity index (χ0n) is 18.5. The largest absolute Gasteiger partial charge is 0.489 e. The van der Waals surface area contributed by atoms with E-state index in [2.05, 4.69) is 26.1 Å². The fourth-order valence-electron chi connectivity index (χ4n) is 3.34. The molecule has 0 fully saturated rings. The second kappa shape index (κ2) is 12.0. The van der Waals surface area contributed by atoms with Crippen LogP contribution in [0.3, 0.4) is 0 Å². The van der Waals surface area contributed by atoms with E-state index in [9.17, 15) is 9.59 Å². The molecule has 0 aliphatic heterocycles. The van der Waals surface area contributed by atoms with Gasteiger partial charge in [0.05, 0.1) is 0 Å². The Kier molecular flexibility index (Phi) is 8.78. The molecular weight excluding hydrogens is 440 g/mol. The Morgan fingerprint density at radius 3 is 1.82 bits per heavy atom. The minimum absolute atomic E-state index is 0.108. The maximum atomic E-state index is 11.3. The Balaban J connectivity index is 2.01. The van der Waals surface area contributed by atoms with Crippen LogP contribution in [0, 0.1) is 0 Å². The van der Waals surface area contributed by atoms with Crippen molar-refractivity contribution < 1.29 is 28.5 Å². The summed E-state index contributed by atoms with van der Waals surface area (Å²) >= 11 is 1.73. The Bertz CT molecular complexity index is 1170. The van der Waals surface area contributed by atoms with Crippen LogP contribution < -0.4 is 9.47 Å². The summed E-state index contributed by atoms with van der Waals surface area (Å²) in [5.74, 6) is 1.34. The first-order chi connectivity index (χ1) is 16.1. The molecule has 0 aliphatic rings. The van der Waals surface area contributed by atoms with Crippen LogP contribution in [0.15, 0.2) is 72.7 Å². The molecule has 0 bridgehead atoms. The maximum absolute atomic E-state index is 11.3. The number of hydrogen-bond donors (Lipinski definition) is 0. The quantitative estimate of drug-likeness (QED) is 0.118. The van der Waals surface area contributed by atoms with Gasteiger partial charge in [-0.15, -0.1) is 11.8 Å². The summed E-state index contributed by atoms with van der Waals surface area (Å²) in [7, 11) is 0. The van der Waals surface area contributed by atoms with Crippen molar-refractivity contribution in [3.63, 3.8) is 0 Å². The van der Waals surface area contributed by atoms with Crippen LogP contribution in [0.1, 0.15) is 6.92 Å². The second-order valence-electron chi connectivity index (χ2n) is 6.78. The van der Waals surface area contributed by atoms with E-state index in [0.29, 0.717) is 11.5 Å². The molecule has 3 aromatic rings. The van der Waals surface area contributed by atoms with Gasteiger partial charge in [0.15, 0.2) is 0 Å². The van der Waals surface area contributed by atoms with Gasteiger partial charge in [0.25, 0.3) is 0 Å². The van der Waals surface area contributed by atoms with Gasteiger partial charge in [-0.1, -0.05) is 44.3 Å². The molecule has 0 unspecified atom stereocenters. The van der Waals surface area contributed by atoms with Gasteiger partial charge in [0.1, 0.15) is 37.9 Å². The topological polar surface area (TPSA) is 71.1 Å². The molecule has 0 saturated heterocycles. The molecule has 172 valence electrons. The summed E-state index contributed by atoms with van der Waals surface area (Å²) in [5.41, 5.74) is 0. The van der Waals surface area contributed by atoms with Gasteiger partial charge in [-0.2, -0.15) is 0 Å². The van der Waals surface area contributed by atoms with Gasteiger partial charge in [-0.3, -0.25) is 0 Å². The third-order valence-electron chi connectivity index (χ3n) is 4.69. The van der Waals surface area contributed by atoms with E-state index in [-0.39, 0.29) is 26.4 Å². The molecule has 0 atom stereocenters. The number of esters is 2. The van der Waals surface area contributed by atoms with Crippen molar-refractivity contribution >= 4 is 45.2 Å². The number of thioether (sulfide) groups is 1. The summed E-state index contributed by atoms with van der Waals surface area (Å²) in [5, 5.41) is 3.51. The van der Waals surface area contributed by atoms with Crippen LogP contribution in [0.2, 0.25) is 0 Å². The van der Waals surface area contributed by atoms with E-state index in [1.807, 2.05) is 36.4 Å². The Labute approximate surface area is 197 Å². The smallest absolute Gasteiger partial charge is 0.330 e. The summed E-state index contributed by atoms with van der Waals surface area (Å²) in [6, 6.07) is 13.9. The van der Waals surface area contributed by atoms with E-state index in [0.717, 1.165) is 44.3 Å². The number of rotatable bonds is 12. The Morgan fingerprint density at radius 1 is 0.788 bits per heavy atom. The average Bonchev–Trinajstić information content (AvgIpc) is 2.84. The SMILES string of the molecule is C=CC(=O)OCCOc1c2ccccc2c(OCCOC(=O)C=C)c2cc(SCC)ccc12. The highest BCUT2D eigenvalue weighted by molar-refractivity contribution is 7.99. The van der Waals surface area contributed by atoms with Crippen LogP contribution in [0.5, 0.6) is 11.5 Å². The lowest BCUT2D eigenvalue weighted by atomic mass is 10.0. The fraction of sp³-hybridized carbons (Fsp3) is 0.231. The van der Waals surface area contributed by atoms with Gasteiger partial charge < -0.3 is 18.9 Å². The van der Waals surface area contributed by atoms with Crippen LogP contribution in [-0.2, 0) is 19.1 Å². The molecular formula is C26H26O6S. The highest BCUT2D eigenvalue weighted by atomic mass is 32.2. The van der Waals surface area contributed by atoms with Crippen LogP contribution in [0.25, 0.3) is 21.5 Å². The molecule has 33 heavy (non-hydrogen) atoms. The number of hydrogen-bond acceptors (Lipinski definition) is 7. The number of carbonyl (C=O) groups is 2. The monoisotopic (exact) mass is 466 g/mol. The minimum atomic E-state index is -0.490. The normalized spacial score (nSPS) is 10.6. The minimum Gasteiger partial charge on any atom is -0.489 e. The van der Waals surface area contributed by atoms with Crippen molar-refractivity contribution in [2.45, 2.75) is 11.8 Å². The van der Waals surface area contributed by atoms with E-state index < -0.39 is 11.9 Å². The fourth-order valence-corrected chi connectivity index (χ4v) is 4.03. The molecule has 6 nitrogen and oxygen atoms in total. The highest BCUT2D eigenvalue weighted by Gasteiger charge is 2.17. The van der Waals surface area contributed by atoms with Gasteiger partial charge in [0.2, 0.25) is 0 Å². The predicted octanol–water partition coefficient (Wildman–Crippen LogP) is 5.32. The molecule has 0 spiro atoms. The number of fused-ring (bicyclic) bond motifs is 2. The second-order valence-corrected chi connectivity index (χ2v) is 8.12. The van der Waals surface area contributed by atoms with Crippen molar-refractivity contribution in [2.75, 3.05) is 32.2 Å². The van der Waals surface area contributed by atoms with Crippen LogP contribution >= 0.6 is 11.8 Å². The summed E-state index contributed by atoms with van der Waals surface area (Å²) in [6.07, 6.45) is 2.24. The standard InChI is InChI=1S/C26H26O6S/c1-4-23(27)29-13-15-31-25-19-9-7-8-10-20(19)26(32-16-14-30-24(28)5-2)22-17-18(33-6-3)11-12-21(22)25/h4-5,7-12,17H,1-2,6,13-16H2,3H3. The molecule has 0 aromatic heterocycles. The third-order valence-corrected chi connectivity index (χ3v) is 5.56. The van der Waals surface area contributed by atoms with E-state index in [4.69, 9.17) is 18.9 Å². The van der Waals surface area contributed by atoms with Gasteiger partial charge >= 0.3 is 11.9 Å². The zero-order valence-corrected chi connectivity index (χ0v) is 19.3. The van der Waals surface area contributed by atoms with Crippen molar-refractivity contribution in [3.8, 4) is 11.5 Å². The number of benzene rings is 3. The van der Waals surface area contributed by atoms with Crippen molar-refractivity contribution in [2.24, 2.45) is 0 Å².